The zero-order valence-corrected chi connectivity index (χ0v) is 12.4. The minimum Gasteiger partial charge on any atom is -0.504 e. The zero-order valence-electron chi connectivity index (χ0n) is 12.4. The number of aromatic hydroxyl groups is 1. The van der Waals surface area contributed by atoms with Gasteiger partial charge in [0.2, 0.25) is 5.78 Å². The molecule has 0 radical (unpaired) electrons. The summed E-state index contributed by atoms with van der Waals surface area (Å²) >= 11 is 0. The van der Waals surface area contributed by atoms with Gasteiger partial charge in [-0.3, -0.25) is 4.79 Å². The molecule has 5 heteroatoms. The average Bonchev–Trinajstić information content (AvgIpc) is 2.55. The van der Waals surface area contributed by atoms with Crippen molar-refractivity contribution in [1.82, 2.24) is 0 Å². The second-order valence-electron chi connectivity index (χ2n) is 4.64. The molecule has 0 spiro atoms. The van der Waals surface area contributed by atoms with E-state index in [4.69, 9.17) is 4.74 Å². The van der Waals surface area contributed by atoms with Crippen LogP contribution < -0.4 is 4.74 Å². The number of rotatable bonds is 5. The summed E-state index contributed by atoms with van der Waals surface area (Å²) in [4.78, 5) is 12.3. The molecule has 4 nitrogen and oxygen atoms in total. The molecule has 116 valence electrons. The van der Waals surface area contributed by atoms with Gasteiger partial charge in [-0.1, -0.05) is 18.2 Å². The first kappa shape index (κ1) is 16.2. The number of nitriles is 1. The van der Waals surface area contributed by atoms with Gasteiger partial charge in [0.1, 0.15) is 17.5 Å². The van der Waals surface area contributed by atoms with E-state index in [2.05, 4.69) is 0 Å². The molecule has 0 atom stereocenters. The molecule has 2 aromatic rings. The van der Waals surface area contributed by atoms with E-state index >= 15 is 0 Å². The summed E-state index contributed by atoms with van der Waals surface area (Å²) in [7, 11) is 0. The number of benzene rings is 2. The molecule has 0 bridgehead atoms. The molecule has 0 saturated heterocycles. The van der Waals surface area contributed by atoms with Gasteiger partial charge in [-0.25, -0.2) is 4.39 Å². The summed E-state index contributed by atoms with van der Waals surface area (Å²) in [6.07, 6.45) is 1.33. The lowest BCUT2D eigenvalue weighted by atomic mass is 10.0. The van der Waals surface area contributed by atoms with Crippen LogP contribution in [0.3, 0.4) is 0 Å². The molecule has 0 aliphatic rings. The summed E-state index contributed by atoms with van der Waals surface area (Å²) in [6, 6.07) is 11.7. The van der Waals surface area contributed by atoms with Crippen molar-refractivity contribution in [3.63, 3.8) is 0 Å². The highest BCUT2D eigenvalue weighted by molar-refractivity contribution is 6.14. The third-order valence-electron chi connectivity index (χ3n) is 3.08. The number of ketones is 1. The minimum atomic E-state index is -0.698. The highest BCUT2D eigenvalue weighted by Crippen LogP contribution is 2.28. The molecule has 0 unspecified atom stereocenters. The normalized spacial score (nSPS) is 10.9. The largest absolute Gasteiger partial charge is 0.504 e. The fourth-order valence-corrected chi connectivity index (χ4v) is 2.00. The van der Waals surface area contributed by atoms with Gasteiger partial charge in [0.15, 0.2) is 11.5 Å². The monoisotopic (exact) mass is 311 g/mol. The number of carbonyl (C=O) groups is 1. The number of phenolic OH excluding ortho intramolecular Hbond substituents is 1. The van der Waals surface area contributed by atoms with Gasteiger partial charge >= 0.3 is 0 Å². The van der Waals surface area contributed by atoms with E-state index in [1.165, 1.54) is 42.5 Å². The Morgan fingerprint density at radius 2 is 2.09 bits per heavy atom. The van der Waals surface area contributed by atoms with Crippen molar-refractivity contribution in [3.8, 4) is 17.6 Å². The van der Waals surface area contributed by atoms with Crippen LogP contribution in [0.2, 0.25) is 0 Å². The van der Waals surface area contributed by atoms with Crippen molar-refractivity contribution < 1.29 is 19.0 Å². The van der Waals surface area contributed by atoms with Crippen molar-refractivity contribution in [1.29, 1.82) is 5.26 Å². The van der Waals surface area contributed by atoms with Crippen molar-refractivity contribution in [2.75, 3.05) is 6.61 Å². The zero-order chi connectivity index (χ0) is 16.8. The van der Waals surface area contributed by atoms with E-state index in [1.54, 1.807) is 13.0 Å². The van der Waals surface area contributed by atoms with Crippen molar-refractivity contribution in [2.45, 2.75) is 6.92 Å². The van der Waals surface area contributed by atoms with Crippen molar-refractivity contribution in [3.05, 3.63) is 65.0 Å². The highest BCUT2D eigenvalue weighted by atomic mass is 19.1. The van der Waals surface area contributed by atoms with Gasteiger partial charge in [-0.05, 0) is 42.8 Å². The van der Waals surface area contributed by atoms with Crippen LogP contribution in [-0.2, 0) is 0 Å². The fourth-order valence-electron chi connectivity index (χ4n) is 2.00. The molecule has 2 rings (SSSR count). The summed E-state index contributed by atoms with van der Waals surface area (Å²) in [6.45, 7) is 2.13. The molecule has 1 N–H and O–H groups in total. The van der Waals surface area contributed by atoms with Crippen LogP contribution in [0.1, 0.15) is 22.8 Å². The maximum Gasteiger partial charge on any atom is 0.206 e. The summed E-state index contributed by atoms with van der Waals surface area (Å²) in [5.74, 6) is -1.17. The lowest BCUT2D eigenvalue weighted by molar-refractivity contribution is 0.103. The summed E-state index contributed by atoms with van der Waals surface area (Å²) < 4.78 is 18.9. The van der Waals surface area contributed by atoms with Gasteiger partial charge in [0.25, 0.3) is 0 Å². The summed E-state index contributed by atoms with van der Waals surface area (Å²) in [5.41, 5.74) is 0.125. The number of carbonyl (C=O) groups excluding carboxylic acids is 1. The number of halogens is 1. The van der Waals surface area contributed by atoms with Crippen LogP contribution in [0.5, 0.6) is 11.5 Å². The first-order valence-corrected chi connectivity index (χ1v) is 6.93. The number of hydrogen-bond donors (Lipinski definition) is 1. The Morgan fingerprint density at radius 3 is 2.74 bits per heavy atom. The quantitative estimate of drug-likeness (QED) is 0.519. The number of phenols is 1. The lowest BCUT2D eigenvalue weighted by Crippen LogP contribution is -2.04. The number of hydrogen-bond acceptors (Lipinski definition) is 4. The van der Waals surface area contributed by atoms with Gasteiger partial charge in [0.05, 0.1) is 12.2 Å². The standard InChI is InChI=1S/C18H14FNO3/c1-2-23-17-10-12(7-8-16(17)21)9-13(11-20)18(22)14-5-3-4-6-15(14)19/h3-10,21H,2H2,1H3/b13-9+. The predicted octanol–water partition coefficient (Wildman–Crippen LogP) is 3.72. The Labute approximate surface area is 133 Å². The number of nitrogens with zero attached hydrogens (tertiary/aromatic N) is 1. The molecule has 2 aromatic carbocycles. The third-order valence-corrected chi connectivity index (χ3v) is 3.08. The molecule has 0 aliphatic carbocycles. The van der Waals surface area contributed by atoms with Gasteiger partial charge in [-0.15, -0.1) is 0 Å². The Hall–Kier alpha value is -3.13. The topological polar surface area (TPSA) is 70.3 Å². The van der Waals surface area contributed by atoms with E-state index in [0.29, 0.717) is 12.2 Å². The molecule has 0 aliphatic heterocycles. The van der Waals surface area contributed by atoms with Crippen LogP contribution in [0, 0.1) is 17.1 Å². The van der Waals surface area contributed by atoms with Crippen molar-refractivity contribution >= 4 is 11.9 Å². The van der Waals surface area contributed by atoms with Gasteiger partial charge < -0.3 is 9.84 Å². The number of Topliss-reactive ketones (excluding diaryl/α,β-unsaturated/α-hetero) is 1. The molecule has 0 aromatic heterocycles. The number of ether oxygens (including phenoxy) is 1. The van der Waals surface area contributed by atoms with E-state index in [1.807, 2.05) is 0 Å². The predicted molar refractivity (Wildman–Crippen MR) is 83.6 cm³/mol. The van der Waals surface area contributed by atoms with E-state index in [9.17, 15) is 19.6 Å². The first-order chi connectivity index (χ1) is 11.1. The second-order valence-corrected chi connectivity index (χ2v) is 4.64. The van der Waals surface area contributed by atoms with E-state index < -0.39 is 11.6 Å². The second kappa shape index (κ2) is 7.23. The Bertz CT molecular complexity index is 806. The van der Waals surface area contributed by atoms with Crippen LogP contribution in [-0.4, -0.2) is 17.5 Å². The maximum absolute atomic E-state index is 13.7. The Balaban J connectivity index is 2.40. The smallest absolute Gasteiger partial charge is 0.206 e. The van der Waals surface area contributed by atoms with Crippen LogP contribution in [0.4, 0.5) is 4.39 Å². The lowest BCUT2D eigenvalue weighted by Gasteiger charge is -2.07. The van der Waals surface area contributed by atoms with Crippen molar-refractivity contribution in [2.24, 2.45) is 0 Å². The van der Waals surface area contributed by atoms with Gasteiger partial charge in [-0.2, -0.15) is 5.26 Å². The van der Waals surface area contributed by atoms with Crippen LogP contribution in [0.15, 0.2) is 48.0 Å². The Morgan fingerprint density at radius 1 is 1.35 bits per heavy atom. The number of allylic oxidation sites excluding steroid dienone is 1. The fraction of sp³-hybridized carbons (Fsp3) is 0.111. The van der Waals surface area contributed by atoms with E-state index in [0.717, 1.165) is 6.07 Å². The molecule has 0 saturated carbocycles. The molecular formula is C18H14FNO3. The molecule has 0 heterocycles. The molecule has 23 heavy (non-hydrogen) atoms. The van der Waals surface area contributed by atoms with Crippen LogP contribution in [0.25, 0.3) is 6.08 Å². The Kier molecular flexibility index (Phi) is 5.11. The van der Waals surface area contributed by atoms with E-state index in [-0.39, 0.29) is 22.6 Å². The highest BCUT2D eigenvalue weighted by Gasteiger charge is 2.16. The molecule has 0 fully saturated rings. The third kappa shape index (κ3) is 3.74. The molecule has 0 amide bonds. The maximum atomic E-state index is 13.7. The summed E-state index contributed by atoms with van der Waals surface area (Å²) in [5, 5.41) is 18.8. The van der Waals surface area contributed by atoms with Gasteiger partial charge in [0, 0.05) is 0 Å². The van der Waals surface area contributed by atoms with Crippen LogP contribution >= 0.6 is 0 Å². The average molecular weight is 311 g/mol. The molecular weight excluding hydrogens is 297 g/mol. The first-order valence-electron chi connectivity index (χ1n) is 6.93. The SMILES string of the molecule is CCOc1cc(/C=C(\C#N)C(=O)c2ccccc2F)ccc1O. The minimum absolute atomic E-state index is 0.0389.